The number of para-hydroxylation sites is 1. The molecule has 0 aliphatic carbocycles. The summed E-state index contributed by atoms with van der Waals surface area (Å²) in [4.78, 5) is 21.6. The zero-order chi connectivity index (χ0) is 17.6. The van der Waals surface area contributed by atoms with Crippen molar-refractivity contribution < 1.29 is 4.79 Å². The van der Waals surface area contributed by atoms with Crippen molar-refractivity contribution in [3.63, 3.8) is 0 Å². The van der Waals surface area contributed by atoms with E-state index in [-0.39, 0.29) is 5.91 Å². The summed E-state index contributed by atoms with van der Waals surface area (Å²) >= 11 is 0. The van der Waals surface area contributed by atoms with Crippen molar-refractivity contribution in [3.05, 3.63) is 54.4 Å². The van der Waals surface area contributed by atoms with E-state index < -0.39 is 0 Å². The highest BCUT2D eigenvalue weighted by Crippen LogP contribution is 2.27. The van der Waals surface area contributed by atoms with Crippen LogP contribution in [-0.4, -0.2) is 30.0 Å². The smallest absolute Gasteiger partial charge is 0.259 e. The SMILES string of the molecule is CCC1CCCCN1c1cncc(C(=O)N(CC)c2ccccc2)c1. The lowest BCUT2D eigenvalue weighted by Gasteiger charge is -2.37. The lowest BCUT2D eigenvalue weighted by atomic mass is 9.99. The third-order valence-electron chi connectivity index (χ3n) is 5.03. The molecule has 0 radical (unpaired) electrons. The summed E-state index contributed by atoms with van der Waals surface area (Å²) in [6.45, 7) is 5.92. The number of amides is 1. The molecule has 1 amide bonds. The van der Waals surface area contributed by atoms with E-state index >= 15 is 0 Å². The maximum absolute atomic E-state index is 13.0. The van der Waals surface area contributed by atoms with Gasteiger partial charge in [0.05, 0.1) is 17.4 Å². The molecule has 1 aliphatic heterocycles. The van der Waals surface area contributed by atoms with Crippen molar-refractivity contribution in [2.24, 2.45) is 0 Å². The van der Waals surface area contributed by atoms with Crippen LogP contribution in [0.15, 0.2) is 48.8 Å². The minimum absolute atomic E-state index is 0.00751. The van der Waals surface area contributed by atoms with Gasteiger partial charge in [-0.1, -0.05) is 25.1 Å². The van der Waals surface area contributed by atoms with Crippen LogP contribution in [0.1, 0.15) is 49.9 Å². The first-order chi connectivity index (χ1) is 12.2. The van der Waals surface area contributed by atoms with E-state index in [1.165, 1.54) is 19.3 Å². The lowest BCUT2D eigenvalue weighted by molar-refractivity contribution is 0.0988. The highest BCUT2D eigenvalue weighted by Gasteiger charge is 2.23. The molecule has 1 aliphatic rings. The molecule has 2 heterocycles. The Morgan fingerprint density at radius 3 is 2.72 bits per heavy atom. The number of piperidine rings is 1. The molecule has 132 valence electrons. The molecular weight excluding hydrogens is 310 g/mol. The van der Waals surface area contributed by atoms with E-state index in [2.05, 4.69) is 16.8 Å². The average molecular weight is 337 g/mol. The van der Waals surface area contributed by atoms with Crippen LogP contribution in [0.2, 0.25) is 0 Å². The summed E-state index contributed by atoms with van der Waals surface area (Å²) in [5.74, 6) is 0.00751. The number of benzene rings is 1. The lowest BCUT2D eigenvalue weighted by Crippen LogP contribution is -2.39. The molecule has 1 aromatic heterocycles. The van der Waals surface area contributed by atoms with E-state index in [1.807, 2.05) is 49.5 Å². The van der Waals surface area contributed by atoms with Gasteiger partial charge in [-0.25, -0.2) is 0 Å². The number of aromatic nitrogens is 1. The Hall–Kier alpha value is -2.36. The van der Waals surface area contributed by atoms with Crippen LogP contribution in [0.4, 0.5) is 11.4 Å². The molecule has 1 atom stereocenters. The maximum atomic E-state index is 13.0. The average Bonchev–Trinajstić information content (AvgIpc) is 2.69. The molecule has 0 N–H and O–H groups in total. The Labute approximate surface area is 150 Å². The molecule has 0 saturated carbocycles. The summed E-state index contributed by atoms with van der Waals surface area (Å²) in [5.41, 5.74) is 2.65. The van der Waals surface area contributed by atoms with Crippen molar-refractivity contribution in [1.29, 1.82) is 0 Å². The number of carbonyl (C=O) groups is 1. The maximum Gasteiger partial charge on any atom is 0.259 e. The monoisotopic (exact) mass is 337 g/mol. The Morgan fingerprint density at radius 1 is 1.20 bits per heavy atom. The molecule has 1 unspecified atom stereocenters. The van der Waals surface area contributed by atoms with E-state index in [1.54, 1.807) is 11.1 Å². The van der Waals surface area contributed by atoms with Crippen LogP contribution >= 0.6 is 0 Å². The fourth-order valence-electron chi connectivity index (χ4n) is 3.67. The van der Waals surface area contributed by atoms with Crippen molar-refractivity contribution in [1.82, 2.24) is 4.98 Å². The van der Waals surface area contributed by atoms with Gasteiger partial charge >= 0.3 is 0 Å². The normalized spacial score (nSPS) is 17.4. The summed E-state index contributed by atoms with van der Waals surface area (Å²) in [5, 5.41) is 0. The minimum atomic E-state index is 0.00751. The van der Waals surface area contributed by atoms with Crippen molar-refractivity contribution in [2.75, 3.05) is 22.9 Å². The summed E-state index contributed by atoms with van der Waals surface area (Å²) < 4.78 is 0. The Bertz CT molecular complexity index is 701. The number of rotatable bonds is 5. The summed E-state index contributed by atoms with van der Waals surface area (Å²) in [6, 6.07) is 12.4. The van der Waals surface area contributed by atoms with Gasteiger partial charge in [-0.15, -0.1) is 0 Å². The fourth-order valence-corrected chi connectivity index (χ4v) is 3.67. The summed E-state index contributed by atoms with van der Waals surface area (Å²) in [7, 11) is 0. The first-order valence-electron chi connectivity index (χ1n) is 9.33. The molecule has 1 aromatic carbocycles. The molecule has 0 bridgehead atoms. The van der Waals surface area contributed by atoms with Gasteiger partial charge in [-0.2, -0.15) is 0 Å². The molecule has 1 fully saturated rings. The van der Waals surface area contributed by atoms with E-state index in [9.17, 15) is 4.79 Å². The van der Waals surface area contributed by atoms with Crippen LogP contribution in [0.25, 0.3) is 0 Å². The number of anilines is 2. The fraction of sp³-hybridized carbons (Fsp3) is 0.429. The predicted octanol–water partition coefficient (Wildman–Crippen LogP) is 4.52. The highest BCUT2D eigenvalue weighted by atomic mass is 16.2. The molecule has 4 nitrogen and oxygen atoms in total. The van der Waals surface area contributed by atoms with Crippen LogP contribution in [-0.2, 0) is 0 Å². The minimum Gasteiger partial charge on any atom is -0.367 e. The van der Waals surface area contributed by atoms with Gasteiger partial charge in [0, 0.05) is 31.0 Å². The van der Waals surface area contributed by atoms with Crippen LogP contribution in [0, 0.1) is 0 Å². The number of hydrogen-bond donors (Lipinski definition) is 0. The third-order valence-corrected chi connectivity index (χ3v) is 5.03. The van der Waals surface area contributed by atoms with Gasteiger partial charge < -0.3 is 9.80 Å². The van der Waals surface area contributed by atoms with Gasteiger partial charge in [-0.05, 0) is 50.8 Å². The second kappa shape index (κ2) is 8.15. The molecule has 2 aromatic rings. The van der Waals surface area contributed by atoms with Gasteiger partial charge in [0.25, 0.3) is 5.91 Å². The van der Waals surface area contributed by atoms with Gasteiger partial charge in [0.1, 0.15) is 0 Å². The molecular formula is C21H27N3O. The first kappa shape index (κ1) is 17.5. The zero-order valence-electron chi connectivity index (χ0n) is 15.2. The van der Waals surface area contributed by atoms with Crippen molar-refractivity contribution in [2.45, 2.75) is 45.6 Å². The van der Waals surface area contributed by atoms with Crippen molar-refractivity contribution >= 4 is 17.3 Å². The van der Waals surface area contributed by atoms with E-state index in [0.717, 1.165) is 24.3 Å². The van der Waals surface area contributed by atoms with E-state index in [4.69, 9.17) is 0 Å². The standard InChI is InChI=1S/C21H27N3O/c1-3-18-10-8-9-13-24(18)20-14-17(15-22-16-20)21(25)23(4-2)19-11-6-5-7-12-19/h5-7,11-12,14-16,18H,3-4,8-10,13H2,1-2H3. The molecule has 3 rings (SSSR count). The van der Waals surface area contributed by atoms with Crippen LogP contribution < -0.4 is 9.80 Å². The van der Waals surface area contributed by atoms with Gasteiger partial charge in [0.2, 0.25) is 0 Å². The van der Waals surface area contributed by atoms with Crippen LogP contribution in [0.3, 0.4) is 0 Å². The molecule has 0 spiro atoms. The summed E-state index contributed by atoms with van der Waals surface area (Å²) in [6.07, 6.45) is 8.42. The largest absolute Gasteiger partial charge is 0.367 e. The number of hydrogen-bond acceptors (Lipinski definition) is 3. The van der Waals surface area contributed by atoms with E-state index in [0.29, 0.717) is 18.2 Å². The van der Waals surface area contributed by atoms with Gasteiger partial charge in [0.15, 0.2) is 0 Å². The van der Waals surface area contributed by atoms with Crippen LogP contribution in [0.5, 0.6) is 0 Å². The first-order valence-corrected chi connectivity index (χ1v) is 9.33. The topological polar surface area (TPSA) is 36.4 Å². The highest BCUT2D eigenvalue weighted by molar-refractivity contribution is 6.06. The third kappa shape index (κ3) is 3.84. The quantitative estimate of drug-likeness (QED) is 0.805. The Kier molecular flexibility index (Phi) is 5.69. The molecule has 25 heavy (non-hydrogen) atoms. The van der Waals surface area contributed by atoms with Gasteiger partial charge in [-0.3, -0.25) is 9.78 Å². The molecule has 4 heteroatoms. The Balaban J connectivity index is 1.86. The second-order valence-electron chi connectivity index (χ2n) is 6.57. The van der Waals surface area contributed by atoms with Crippen molar-refractivity contribution in [3.8, 4) is 0 Å². The Morgan fingerprint density at radius 2 is 2.00 bits per heavy atom. The zero-order valence-corrected chi connectivity index (χ0v) is 15.2. The second-order valence-corrected chi connectivity index (χ2v) is 6.57. The number of pyridine rings is 1. The number of nitrogens with zero attached hydrogens (tertiary/aromatic N) is 3. The molecule has 1 saturated heterocycles. The number of carbonyl (C=O) groups excluding carboxylic acids is 1. The predicted molar refractivity (Wildman–Crippen MR) is 103 cm³/mol.